The molecule has 1 atom stereocenters. The van der Waals surface area contributed by atoms with Crippen LogP contribution in [0.4, 0.5) is 10.5 Å². The number of nitrogens with one attached hydrogen (secondary N) is 2. The van der Waals surface area contributed by atoms with Gasteiger partial charge in [0.05, 0.1) is 0 Å². The first-order valence-electron chi connectivity index (χ1n) is 8.13. The van der Waals surface area contributed by atoms with E-state index in [9.17, 15) is 9.59 Å². The molecule has 0 radical (unpaired) electrons. The number of rotatable bonds is 6. The Bertz CT molecular complexity index is 546. The van der Waals surface area contributed by atoms with Crippen LogP contribution in [0.2, 0.25) is 0 Å². The molecule has 1 aromatic rings. The minimum absolute atomic E-state index is 0.0252. The van der Waals surface area contributed by atoms with Gasteiger partial charge in [-0.3, -0.25) is 4.79 Å². The van der Waals surface area contributed by atoms with E-state index >= 15 is 0 Å². The van der Waals surface area contributed by atoms with Crippen molar-refractivity contribution in [1.29, 1.82) is 0 Å². The molecule has 0 aliphatic rings. The van der Waals surface area contributed by atoms with E-state index in [1.165, 1.54) is 10.5 Å². The van der Waals surface area contributed by atoms with Gasteiger partial charge in [0, 0.05) is 18.8 Å². The van der Waals surface area contributed by atoms with E-state index in [1.54, 1.807) is 7.05 Å². The summed E-state index contributed by atoms with van der Waals surface area (Å²) in [5.41, 5.74) is 4.05. The van der Waals surface area contributed by atoms with Crippen LogP contribution in [0.15, 0.2) is 12.1 Å². The predicted molar refractivity (Wildman–Crippen MR) is 94.8 cm³/mol. The Balaban J connectivity index is 2.61. The molecule has 0 bridgehead atoms. The first kappa shape index (κ1) is 19.0. The van der Waals surface area contributed by atoms with Gasteiger partial charge in [0.15, 0.2) is 0 Å². The maximum Gasteiger partial charge on any atom is 0.317 e. The second-order valence-electron chi connectivity index (χ2n) is 6.32. The summed E-state index contributed by atoms with van der Waals surface area (Å²) in [5, 5.41) is 5.80. The molecular formula is C18H29N3O2. The van der Waals surface area contributed by atoms with Crippen molar-refractivity contribution in [2.45, 2.75) is 53.5 Å². The van der Waals surface area contributed by atoms with Gasteiger partial charge in [-0.05, 0) is 45.2 Å². The van der Waals surface area contributed by atoms with Crippen LogP contribution in [0.3, 0.4) is 0 Å². The number of aryl methyl sites for hydroxylation is 3. The van der Waals surface area contributed by atoms with Gasteiger partial charge in [-0.1, -0.05) is 31.0 Å². The third-order valence-corrected chi connectivity index (χ3v) is 3.76. The highest BCUT2D eigenvalue weighted by molar-refractivity contribution is 5.95. The van der Waals surface area contributed by atoms with E-state index in [1.807, 2.05) is 39.8 Å². The molecular weight excluding hydrogens is 290 g/mol. The molecule has 5 nitrogen and oxygen atoms in total. The molecule has 0 aromatic heterocycles. The lowest BCUT2D eigenvalue weighted by Gasteiger charge is -2.21. The van der Waals surface area contributed by atoms with E-state index in [0.717, 1.165) is 29.7 Å². The summed E-state index contributed by atoms with van der Waals surface area (Å²) in [6, 6.07) is 3.95. The second-order valence-corrected chi connectivity index (χ2v) is 6.32. The molecule has 0 fully saturated rings. The molecule has 0 aliphatic heterocycles. The van der Waals surface area contributed by atoms with Crippen molar-refractivity contribution in [3.8, 4) is 0 Å². The van der Waals surface area contributed by atoms with Gasteiger partial charge in [-0.2, -0.15) is 0 Å². The van der Waals surface area contributed by atoms with E-state index in [-0.39, 0.29) is 24.5 Å². The van der Waals surface area contributed by atoms with Crippen LogP contribution in [0, 0.1) is 20.8 Å². The van der Waals surface area contributed by atoms with Gasteiger partial charge in [0.25, 0.3) is 0 Å². The minimum atomic E-state index is -0.224. The van der Waals surface area contributed by atoms with Crippen molar-refractivity contribution in [2.24, 2.45) is 0 Å². The van der Waals surface area contributed by atoms with Crippen LogP contribution < -0.4 is 10.6 Å². The Morgan fingerprint density at radius 1 is 1.17 bits per heavy atom. The van der Waals surface area contributed by atoms with Gasteiger partial charge in [0.1, 0.15) is 6.54 Å². The highest BCUT2D eigenvalue weighted by Crippen LogP contribution is 2.21. The van der Waals surface area contributed by atoms with Crippen molar-refractivity contribution in [1.82, 2.24) is 10.2 Å². The molecule has 2 N–H and O–H groups in total. The van der Waals surface area contributed by atoms with E-state index in [0.29, 0.717) is 0 Å². The number of benzene rings is 1. The number of carbonyl (C=O) groups is 2. The Morgan fingerprint density at radius 3 is 2.26 bits per heavy atom. The Morgan fingerprint density at radius 2 is 1.74 bits per heavy atom. The summed E-state index contributed by atoms with van der Waals surface area (Å²) < 4.78 is 0. The lowest BCUT2D eigenvalue weighted by atomic mass is 10.1. The first-order valence-corrected chi connectivity index (χ1v) is 8.13. The lowest BCUT2D eigenvalue weighted by molar-refractivity contribution is -0.116. The highest BCUT2D eigenvalue weighted by atomic mass is 16.2. The number of anilines is 1. The molecule has 0 aliphatic carbocycles. The van der Waals surface area contributed by atoms with Gasteiger partial charge < -0.3 is 15.5 Å². The number of hydrogen-bond acceptors (Lipinski definition) is 2. The summed E-state index contributed by atoms with van der Waals surface area (Å²) in [4.78, 5) is 25.6. The molecule has 0 spiro atoms. The zero-order chi connectivity index (χ0) is 17.6. The fourth-order valence-electron chi connectivity index (χ4n) is 2.67. The zero-order valence-electron chi connectivity index (χ0n) is 15.1. The first-order chi connectivity index (χ1) is 10.7. The molecule has 0 saturated heterocycles. The summed E-state index contributed by atoms with van der Waals surface area (Å²) in [6.45, 7) is 10.0. The highest BCUT2D eigenvalue weighted by Gasteiger charge is 2.16. The number of hydrogen-bond donors (Lipinski definition) is 2. The van der Waals surface area contributed by atoms with Crippen LogP contribution >= 0.6 is 0 Å². The zero-order valence-corrected chi connectivity index (χ0v) is 15.1. The number of carbonyl (C=O) groups excluding carboxylic acids is 2. The SMILES string of the molecule is CCC[C@H](C)NC(=O)N(C)CC(=O)Nc1c(C)cc(C)cc1C. The van der Waals surface area contributed by atoms with Crippen molar-refractivity contribution >= 4 is 17.6 Å². The Hall–Kier alpha value is -2.04. The largest absolute Gasteiger partial charge is 0.336 e. The lowest BCUT2D eigenvalue weighted by Crippen LogP contribution is -2.44. The third-order valence-electron chi connectivity index (χ3n) is 3.76. The fourth-order valence-corrected chi connectivity index (χ4v) is 2.67. The van der Waals surface area contributed by atoms with Gasteiger partial charge in [-0.15, -0.1) is 0 Å². The van der Waals surface area contributed by atoms with Crippen molar-refractivity contribution in [3.05, 3.63) is 28.8 Å². The summed E-state index contributed by atoms with van der Waals surface area (Å²) in [7, 11) is 1.63. The summed E-state index contributed by atoms with van der Waals surface area (Å²) in [6.07, 6.45) is 1.94. The molecule has 0 unspecified atom stereocenters. The van der Waals surface area contributed by atoms with E-state index in [2.05, 4.69) is 17.6 Å². The predicted octanol–water partition coefficient (Wildman–Crippen LogP) is 3.38. The smallest absolute Gasteiger partial charge is 0.317 e. The van der Waals surface area contributed by atoms with Crippen molar-refractivity contribution in [3.63, 3.8) is 0 Å². The summed E-state index contributed by atoms with van der Waals surface area (Å²) in [5.74, 6) is -0.194. The van der Waals surface area contributed by atoms with E-state index < -0.39 is 0 Å². The quantitative estimate of drug-likeness (QED) is 0.844. The van der Waals surface area contributed by atoms with Gasteiger partial charge in [0.2, 0.25) is 5.91 Å². The van der Waals surface area contributed by atoms with Crippen LogP contribution in [0.5, 0.6) is 0 Å². The van der Waals surface area contributed by atoms with Crippen LogP contribution in [-0.4, -0.2) is 36.5 Å². The molecule has 0 heterocycles. The fraction of sp³-hybridized carbons (Fsp3) is 0.556. The number of amides is 3. The maximum atomic E-state index is 12.2. The van der Waals surface area contributed by atoms with Crippen molar-refractivity contribution < 1.29 is 9.59 Å². The van der Waals surface area contributed by atoms with Crippen LogP contribution in [-0.2, 0) is 4.79 Å². The standard InChI is InChI=1S/C18H29N3O2/c1-7-8-15(5)19-18(23)21(6)11-16(22)20-17-13(3)9-12(2)10-14(17)4/h9-10,15H,7-8,11H2,1-6H3,(H,19,23)(H,20,22)/t15-/m0/s1. The van der Waals surface area contributed by atoms with Crippen LogP contribution in [0.1, 0.15) is 43.4 Å². The second kappa shape index (κ2) is 8.56. The number of urea groups is 1. The molecule has 128 valence electrons. The molecule has 5 heteroatoms. The summed E-state index contributed by atoms with van der Waals surface area (Å²) >= 11 is 0. The normalized spacial score (nSPS) is 11.7. The molecule has 23 heavy (non-hydrogen) atoms. The van der Waals surface area contributed by atoms with Gasteiger partial charge >= 0.3 is 6.03 Å². The maximum absolute atomic E-state index is 12.2. The third kappa shape index (κ3) is 5.93. The average molecular weight is 319 g/mol. The topological polar surface area (TPSA) is 61.4 Å². The number of likely N-dealkylation sites (N-methyl/N-ethyl adjacent to an activating group) is 1. The average Bonchev–Trinajstić information content (AvgIpc) is 2.42. The minimum Gasteiger partial charge on any atom is -0.336 e. The molecule has 1 aromatic carbocycles. The van der Waals surface area contributed by atoms with Crippen LogP contribution in [0.25, 0.3) is 0 Å². The van der Waals surface area contributed by atoms with Crippen molar-refractivity contribution in [2.75, 3.05) is 18.9 Å². The number of nitrogens with zero attached hydrogens (tertiary/aromatic N) is 1. The van der Waals surface area contributed by atoms with E-state index in [4.69, 9.17) is 0 Å². The Kier molecular flexibility index (Phi) is 7.07. The monoisotopic (exact) mass is 319 g/mol. The molecule has 1 rings (SSSR count). The molecule has 0 saturated carbocycles. The van der Waals surface area contributed by atoms with Gasteiger partial charge in [-0.25, -0.2) is 4.79 Å². The molecule has 3 amide bonds. The Labute approximate surface area is 139 Å².